The summed E-state index contributed by atoms with van der Waals surface area (Å²) in [4.78, 5) is 11.1. The first-order chi connectivity index (χ1) is 6.79. The lowest BCUT2D eigenvalue weighted by Gasteiger charge is -2.01. The predicted octanol–water partition coefficient (Wildman–Crippen LogP) is 2.04. The summed E-state index contributed by atoms with van der Waals surface area (Å²) in [5.74, 6) is 0.00698. The van der Waals surface area contributed by atoms with E-state index >= 15 is 0 Å². The molecule has 1 amide bonds. The molecule has 0 aliphatic heterocycles. The molecule has 0 bridgehead atoms. The Morgan fingerprint density at radius 3 is 3.00 bits per heavy atom. The van der Waals surface area contributed by atoms with E-state index in [4.69, 9.17) is 0 Å². The fourth-order valence-corrected chi connectivity index (χ4v) is 1.63. The fraction of sp³-hybridized carbons (Fsp3) is 0.222. The fourth-order valence-electron chi connectivity index (χ4n) is 1.11. The molecule has 1 aromatic heterocycles. The zero-order valence-corrected chi connectivity index (χ0v) is 8.47. The molecule has 14 heavy (non-hydrogen) atoms. The second-order valence-electron chi connectivity index (χ2n) is 2.87. The second-order valence-corrected chi connectivity index (χ2v) is 3.40. The van der Waals surface area contributed by atoms with E-state index in [-0.39, 0.29) is 5.91 Å². The van der Waals surface area contributed by atoms with Crippen molar-refractivity contribution in [3.05, 3.63) is 18.2 Å². The highest BCUT2D eigenvalue weighted by molar-refractivity contribution is 7.00. The number of fused-ring (bicyclic) bond motifs is 1. The van der Waals surface area contributed by atoms with Gasteiger partial charge in [0.25, 0.3) is 0 Å². The summed E-state index contributed by atoms with van der Waals surface area (Å²) in [6.45, 7) is 1.82. The van der Waals surface area contributed by atoms with E-state index in [1.165, 1.54) is 11.7 Å². The van der Waals surface area contributed by atoms with Gasteiger partial charge in [-0.3, -0.25) is 4.79 Å². The normalized spacial score (nSPS) is 10.4. The highest BCUT2D eigenvalue weighted by atomic mass is 32.1. The molecule has 1 heterocycles. The highest BCUT2D eigenvalue weighted by Crippen LogP contribution is 2.16. The van der Waals surface area contributed by atoms with Crippen LogP contribution in [0.3, 0.4) is 0 Å². The van der Waals surface area contributed by atoms with Gasteiger partial charge in [0.05, 0.1) is 11.7 Å². The van der Waals surface area contributed by atoms with Crippen LogP contribution in [-0.4, -0.2) is 14.7 Å². The Hall–Kier alpha value is -1.49. The van der Waals surface area contributed by atoms with E-state index in [2.05, 4.69) is 14.1 Å². The molecule has 1 aromatic carbocycles. The molecule has 0 fully saturated rings. The van der Waals surface area contributed by atoms with E-state index in [0.29, 0.717) is 6.42 Å². The Labute approximate surface area is 85.3 Å². The van der Waals surface area contributed by atoms with Crippen molar-refractivity contribution in [1.29, 1.82) is 0 Å². The van der Waals surface area contributed by atoms with Gasteiger partial charge in [-0.05, 0) is 18.2 Å². The summed E-state index contributed by atoms with van der Waals surface area (Å²) in [5, 5.41) is 2.77. The number of benzene rings is 1. The number of anilines is 1. The number of aromatic nitrogens is 2. The van der Waals surface area contributed by atoms with Crippen LogP contribution >= 0.6 is 11.7 Å². The van der Waals surface area contributed by atoms with Crippen molar-refractivity contribution in [3.8, 4) is 0 Å². The maximum atomic E-state index is 11.1. The number of nitrogens with one attached hydrogen (secondary N) is 1. The quantitative estimate of drug-likeness (QED) is 0.819. The number of hydrogen-bond acceptors (Lipinski definition) is 4. The monoisotopic (exact) mass is 207 g/mol. The first-order valence-corrected chi connectivity index (χ1v) is 5.05. The van der Waals surface area contributed by atoms with Crippen LogP contribution in [-0.2, 0) is 4.79 Å². The van der Waals surface area contributed by atoms with E-state index in [0.717, 1.165) is 16.7 Å². The van der Waals surface area contributed by atoms with Crippen molar-refractivity contribution < 1.29 is 4.79 Å². The van der Waals surface area contributed by atoms with Crippen molar-refractivity contribution in [2.45, 2.75) is 13.3 Å². The van der Waals surface area contributed by atoms with Crippen molar-refractivity contribution in [2.75, 3.05) is 5.32 Å². The summed E-state index contributed by atoms with van der Waals surface area (Å²) in [7, 11) is 0. The van der Waals surface area contributed by atoms with E-state index in [1.807, 2.05) is 25.1 Å². The van der Waals surface area contributed by atoms with Crippen LogP contribution in [0.4, 0.5) is 5.69 Å². The van der Waals surface area contributed by atoms with Crippen molar-refractivity contribution in [3.63, 3.8) is 0 Å². The molecule has 0 spiro atoms. The molecule has 4 nitrogen and oxygen atoms in total. The highest BCUT2D eigenvalue weighted by Gasteiger charge is 2.02. The lowest BCUT2D eigenvalue weighted by atomic mass is 10.2. The smallest absolute Gasteiger partial charge is 0.224 e. The number of nitrogens with zero attached hydrogens (tertiary/aromatic N) is 2. The molecule has 0 saturated heterocycles. The SMILES string of the molecule is CCC(=O)Nc1ccc2nsnc2c1. The Bertz CT molecular complexity index is 466. The van der Waals surface area contributed by atoms with E-state index < -0.39 is 0 Å². The lowest BCUT2D eigenvalue weighted by Crippen LogP contribution is -2.09. The molecule has 0 unspecified atom stereocenters. The number of hydrogen-bond donors (Lipinski definition) is 1. The van der Waals surface area contributed by atoms with Crippen LogP contribution in [0.25, 0.3) is 11.0 Å². The Balaban J connectivity index is 2.30. The van der Waals surface area contributed by atoms with E-state index in [9.17, 15) is 4.79 Å². The van der Waals surface area contributed by atoms with E-state index in [1.54, 1.807) is 0 Å². The summed E-state index contributed by atoms with van der Waals surface area (Å²) >= 11 is 1.17. The van der Waals surface area contributed by atoms with Crippen LogP contribution < -0.4 is 5.32 Å². The molecular formula is C9H9N3OS. The minimum Gasteiger partial charge on any atom is -0.326 e. The molecule has 72 valence electrons. The van der Waals surface area contributed by atoms with Gasteiger partial charge in [-0.1, -0.05) is 6.92 Å². The van der Waals surface area contributed by atoms with Crippen LogP contribution in [0.2, 0.25) is 0 Å². The molecule has 0 radical (unpaired) electrons. The number of amides is 1. The summed E-state index contributed by atoms with van der Waals surface area (Å²) in [6, 6.07) is 5.51. The minimum atomic E-state index is 0.00698. The number of carbonyl (C=O) groups excluding carboxylic acids is 1. The zero-order chi connectivity index (χ0) is 9.97. The summed E-state index contributed by atoms with van der Waals surface area (Å²) in [5.41, 5.74) is 2.46. The van der Waals surface area contributed by atoms with Gasteiger partial charge in [0, 0.05) is 12.1 Å². The molecule has 2 aromatic rings. The van der Waals surface area contributed by atoms with Crippen LogP contribution in [0.1, 0.15) is 13.3 Å². The van der Waals surface area contributed by atoms with Crippen molar-refractivity contribution in [1.82, 2.24) is 8.75 Å². The summed E-state index contributed by atoms with van der Waals surface area (Å²) < 4.78 is 8.17. The van der Waals surface area contributed by atoms with Crippen LogP contribution in [0, 0.1) is 0 Å². The van der Waals surface area contributed by atoms with Crippen molar-refractivity contribution in [2.24, 2.45) is 0 Å². The summed E-state index contributed by atoms with van der Waals surface area (Å²) in [6.07, 6.45) is 0.480. The van der Waals surface area contributed by atoms with Gasteiger partial charge in [0.2, 0.25) is 5.91 Å². The molecule has 0 atom stereocenters. The third-order valence-corrected chi connectivity index (χ3v) is 2.42. The van der Waals surface area contributed by atoms with Gasteiger partial charge in [-0.15, -0.1) is 0 Å². The van der Waals surface area contributed by atoms with Gasteiger partial charge in [0.1, 0.15) is 11.0 Å². The predicted molar refractivity (Wildman–Crippen MR) is 56.3 cm³/mol. The first-order valence-electron chi connectivity index (χ1n) is 4.32. The third-order valence-electron chi connectivity index (χ3n) is 1.86. The molecule has 2 rings (SSSR count). The number of rotatable bonds is 2. The molecule has 0 saturated carbocycles. The standard InChI is InChI=1S/C9H9N3OS/c1-2-9(13)10-6-3-4-7-8(5-6)12-14-11-7/h3-5H,2H2,1H3,(H,10,13). The largest absolute Gasteiger partial charge is 0.326 e. The lowest BCUT2D eigenvalue weighted by molar-refractivity contribution is -0.115. The molecule has 0 aliphatic rings. The Morgan fingerprint density at radius 1 is 1.43 bits per heavy atom. The van der Waals surface area contributed by atoms with Gasteiger partial charge in [-0.25, -0.2) is 0 Å². The van der Waals surface area contributed by atoms with Gasteiger partial charge in [0.15, 0.2) is 0 Å². The Morgan fingerprint density at radius 2 is 2.21 bits per heavy atom. The Kier molecular flexibility index (Phi) is 2.41. The molecular weight excluding hydrogens is 198 g/mol. The second kappa shape index (κ2) is 3.71. The average Bonchev–Trinajstić information content (AvgIpc) is 2.64. The average molecular weight is 207 g/mol. The molecule has 5 heteroatoms. The van der Waals surface area contributed by atoms with Crippen LogP contribution in [0.5, 0.6) is 0 Å². The van der Waals surface area contributed by atoms with Crippen LogP contribution in [0.15, 0.2) is 18.2 Å². The molecule has 0 aliphatic carbocycles. The third kappa shape index (κ3) is 1.72. The van der Waals surface area contributed by atoms with Gasteiger partial charge >= 0.3 is 0 Å². The molecule has 1 N–H and O–H groups in total. The van der Waals surface area contributed by atoms with Gasteiger partial charge < -0.3 is 5.32 Å². The first kappa shape index (κ1) is 9.08. The topological polar surface area (TPSA) is 54.9 Å². The maximum Gasteiger partial charge on any atom is 0.224 e. The van der Waals surface area contributed by atoms with Crippen molar-refractivity contribution >= 4 is 34.4 Å². The maximum absolute atomic E-state index is 11.1. The van der Waals surface area contributed by atoms with Gasteiger partial charge in [-0.2, -0.15) is 8.75 Å². The zero-order valence-electron chi connectivity index (χ0n) is 7.65. The number of carbonyl (C=O) groups is 1. The minimum absolute atomic E-state index is 0.00698.